The van der Waals surface area contributed by atoms with Crippen LogP contribution in [0.15, 0.2) is 29.1 Å². The van der Waals surface area contributed by atoms with Crippen LogP contribution in [0, 0.1) is 0 Å². The molecule has 5 heteroatoms. The molecule has 0 bridgehead atoms. The number of nitrogens with zero attached hydrogens (tertiary/aromatic N) is 2. The summed E-state index contributed by atoms with van der Waals surface area (Å²) in [5.74, 6) is -0.331. The van der Waals surface area contributed by atoms with E-state index in [0.717, 1.165) is 11.0 Å². The number of para-hydroxylation sites is 2. The molecule has 2 rings (SSSR count). The van der Waals surface area contributed by atoms with Crippen molar-refractivity contribution in [1.29, 1.82) is 0 Å². The summed E-state index contributed by atoms with van der Waals surface area (Å²) in [7, 11) is 0. The van der Waals surface area contributed by atoms with E-state index < -0.39 is 0 Å². The first-order chi connectivity index (χ1) is 8.65. The molecular formula is C13H17N3O2. The highest BCUT2D eigenvalue weighted by Crippen LogP contribution is 2.13. The van der Waals surface area contributed by atoms with Crippen LogP contribution in [-0.4, -0.2) is 15.0 Å². The lowest BCUT2D eigenvalue weighted by Crippen LogP contribution is -2.24. The molecule has 0 saturated carbocycles. The minimum atomic E-state index is -0.331. The van der Waals surface area contributed by atoms with E-state index in [1.54, 1.807) is 9.13 Å². The van der Waals surface area contributed by atoms with Gasteiger partial charge in [0.25, 0.3) is 0 Å². The van der Waals surface area contributed by atoms with Crippen LogP contribution >= 0.6 is 0 Å². The molecular weight excluding hydrogens is 230 g/mol. The van der Waals surface area contributed by atoms with E-state index >= 15 is 0 Å². The number of fused-ring (bicyclic) bond motifs is 1. The third kappa shape index (κ3) is 2.16. The van der Waals surface area contributed by atoms with Gasteiger partial charge in [0.2, 0.25) is 5.91 Å². The number of amides is 1. The van der Waals surface area contributed by atoms with E-state index in [9.17, 15) is 9.59 Å². The van der Waals surface area contributed by atoms with E-state index in [0.29, 0.717) is 25.9 Å². The van der Waals surface area contributed by atoms with Gasteiger partial charge in [-0.15, -0.1) is 0 Å². The van der Waals surface area contributed by atoms with Crippen LogP contribution in [0.1, 0.15) is 19.8 Å². The molecule has 0 fully saturated rings. The lowest BCUT2D eigenvalue weighted by Gasteiger charge is -2.01. The topological polar surface area (TPSA) is 70.0 Å². The number of benzene rings is 1. The minimum Gasteiger partial charge on any atom is -0.370 e. The van der Waals surface area contributed by atoms with Crippen LogP contribution in [0.25, 0.3) is 11.0 Å². The number of aryl methyl sites for hydroxylation is 2. The van der Waals surface area contributed by atoms with Gasteiger partial charge < -0.3 is 5.73 Å². The zero-order valence-corrected chi connectivity index (χ0v) is 10.4. The van der Waals surface area contributed by atoms with Gasteiger partial charge in [0.15, 0.2) is 0 Å². The second-order valence-electron chi connectivity index (χ2n) is 4.24. The van der Waals surface area contributed by atoms with E-state index in [-0.39, 0.29) is 11.6 Å². The van der Waals surface area contributed by atoms with Crippen molar-refractivity contribution < 1.29 is 4.79 Å². The number of carbonyl (C=O) groups excluding carboxylic acids is 1. The molecule has 0 radical (unpaired) electrons. The van der Waals surface area contributed by atoms with Gasteiger partial charge in [-0.1, -0.05) is 12.1 Å². The summed E-state index contributed by atoms with van der Waals surface area (Å²) in [5.41, 5.74) is 6.93. The maximum Gasteiger partial charge on any atom is 0.329 e. The predicted octanol–water partition coefficient (Wildman–Crippen LogP) is 1.09. The molecule has 0 aliphatic heterocycles. The number of aromatic nitrogens is 2. The van der Waals surface area contributed by atoms with Crippen molar-refractivity contribution in [3.8, 4) is 0 Å². The smallest absolute Gasteiger partial charge is 0.329 e. The van der Waals surface area contributed by atoms with Gasteiger partial charge >= 0.3 is 5.69 Å². The van der Waals surface area contributed by atoms with Crippen LogP contribution in [0.3, 0.4) is 0 Å². The fourth-order valence-corrected chi connectivity index (χ4v) is 2.21. The first-order valence-electron chi connectivity index (χ1n) is 6.11. The molecule has 96 valence electrons. The highest BCUT2D eigenvalue weighted by atomic mass is 16.2. The molecule has 0 aliphatic carbocycles. The summed E-state index contributed by atoms with van der Waals surface area (Å²) in [5, 5.41) is 0. The van der Waals surface area contributed by atoms with Gasteiger partial charge in [-0.2, -0.15) is 0 Å². The molecule has 1 aromatic heterocycles. The van der Waals surface area contributed by atoms with E-state index in [1.165, 1.54) is 0 Å². The Labute approximate surface area is 105 Å². The molecule has 0 atom stereocenters. The molecule has 1 heterocycles. The molecule has 1 aromatic carbocycles. The number of hydrogen-bond acceptors (Lipinski definition) is 2. The van der Waals surface area contributed by atoms with Gasteiger partial charge in [-0.05, 0) is 25.5 Å². The second-order valence-corrected chi connectivity index (χ2v) is 4.24. The van der Waals surface area contributed by atoms with Gasteiger partial charge in [0.1, 0.15) is 0 Å². The average Bonchev–Trinajstić information content (AvgIpc) is 2.62. The van der Waals surface area contributed by atoms with Crippen molar-refractivity contribution in [1.82, 2.24) is 9.13 Å². The second kappa shape index (κ2) is 5.08. The van der Waals surface area contributed by atoms with Gasteiger partial charge in [0, 0.05) is 19.5 Å². The summed E-state index contributed by atoms with van der Waals surface area (Å²) in [4.78, 5) is 22.9. The number of carbonyl (C=O) groups is 1. The third-order valence-electron chi connectivity index (χ3n) is 3.05. The van der Waals surface area contributed by atoms with E-state index in [4.69, 9.17) is 5.73 Å². The maximum atomic E-state index is 12.2. The van der Waals surface area contributed by atoms with Crippen LogP contribution in [0.4, 0.5) is 0 Å². The quantitative estimate of drug-likeness (QED) is 0.859. The molecule has 0 unspecified atom stereocenters. The van der Waals surface area contributed by atoms with Crippen LogP contribution < -0.4 is 11.4 Å². The largest absolute Gasteiger partial charge is 0.370 e. The zero-order valence-electron chi connectivity index (χ0n) is 10.4. The van der Waals surface area contributed by atoms with Crippen molar-refractivity contribution in [2.24, 2.45) is 5.73 Å². The molecule has 0 aliphatic rings. The third-order valence-corrected chi connectivity index (χ3v) is 3.05. The molecule has 2 N–H and O–H groups in total. The number of imidazole rings is 1. The fraction of sp³-hybridized carbons (Fsp3) is 0.385. The van der Waals surface area contributed by atoms with Crippen molar-refractivity contribution in [3.63, 3.8) is 0 Å². The first-order valence-corrected chi connectivity index (χ1v) is 6.11. The molecule has 5 nitrogen and oxygen atoms in total. The summed E-state index contributed by atoms with van der Waals surface area (Å²) in [6, 6.07) is 7.69. The number of hydrogen-bond donors (Lipinski definition) is 1. The van der Waals surface area contributed by atoms with Crippen molar-refractivity contribution in [2.45, 2.75) is 32.9 Å². The fourth-order valence-electron chi connectivity index (χ4n) is 2.21. The van der Waals surface area contributed by atoms with Crippen molar-refractivity contribution in [2.75, 3.05) is 0 Å². The first kappa shape index (κ1) is 12.4. The van der Waals surface area contributed by atoms with Gasteiger partial charge in [0.05, 0.1) is 11.0 Å². The Morgan fingerprint density at radius 1 is 1.22 bits per heavy atom. The summed E-state index contributed by atoms with van der Waals surface area (Å²) in [6.45, 7) is 3.11. The highest BCUT2D eigenvalue weighted by molar-refractivity contribution is 5.76. The minimum absolute atomic E-state index is 0.0248. The monoisotopic (exact) mass is 247 g/mol. The van der Waals surface area contributed by atoms with Crippen molar-refractivity contribution >= 4 is 16.9 Å². The molecule has 1 amide bonds. The maximum absolute atomic E-state index is 12.2. The number of rotatable bonds is 5. The Morgan fingerprint density at radius 2 is 1.83 bits per heavy atom. The SMILES string of the molecule is CCn1c(=O)n(CCCC(N)=O)c2ccccc21. The lowest BCUT2D eigenvalue weighted by atomic mass is 10.3. The number of nitrogens with two attached hydrogens (primary N) is 1. The van der Waals surface area contributed by atoms with Gasteiger partial charge in [-0.3, -0.25) is 13.9 Å². The van der Waals surface area contributed by atoms with Crippen LogP contribution in [0.5, 0.6) is 0 Å². The van der Waals surface area contributed by atoms with Gasteiger partial charge in [-0.25, -0.2) is 4.79 Å². The Balaban J connectivity index is 2.40. The van der Waals surface area contributed by atoms with Crippen LogP contribution in [-0.2, 0) is 17.9 Å². The average molecular weight is 247 g/mol. The summed E-state index contributed by atoms with van der Waals surface area (Å²) in [6.07, 6.45) is 0.894. The Kier molecular flexibility index (Phi) is 3.50. The standard InChI is InChI=1S/C13H17N3O2/c1-2-15-10-6-3-4-7-11(10)16(13(15)18)9-5-8-12(14)17/h3-4,6-7H,2,5,8-9H2,1H3,(H2,14,17). The predicted molar refractivity (Wildman–Crippen MR) is 70.3 cm³/mol. The lowest BCUT2D eigenvalue weighted by molar-refractivity contribution is -0.118. The van der Waals surface area contributed by atoms with E-state index in [2.05, 4.69) is 0 Å². The van der Waals surface area contributed by atoms with Crippen LogP contribution in [0.2, 0.25) is 0 Å². The Morgan fingerprint density at radius 3 is 2.39 bits per heavy atom. The molecule has 18 heavy (non-hydrogen) atoms. The summed E-state index contributed by atoms with van der Waals surface area (Å²) >= 11 is 0. The van der Waals surface area contributed by atoms with Crippen molar-refractivity contribution in [3.05, 3.63) is 34.7 Å². The Hall–Kier alpha value is -2.04. The highest BCUT2D eigenvalue weighted by Gasteiger charge is 2.11. The molecule has 0 saturated heterocycles. The van der Waals surface area contributed by atoms with E-state index in [1.807, 2.05) is 31.2 Å². The number of primary amides is 1. The Bertz CT molecular complexity index is 625. The normalized spacial score (nSPS) is 10.9. The summed E-state index contributed by atoms with van der Waals surface area (Å²) < 4.78 is 3.45. The molecule has 2 aromatic rings. The molecule has 0 spiro atoms. The zero-order chi connectivity index (χ0) is 13.1.